The second-order valence-electron chi connectivity index (χ2n) is 6.34. The Labute approximate surface area is 161 Å². The number of fused-ring (bicyclic) bond motifs is 1. The number of rotatable bonds is 7. The minimum Gasteiger partial charge on any atom is -0.338 e. The molecule has 7 nitrogen and oxygen atoms in total. The molecule has 0 aromatic carbocycles. The van der Waals surface area contributed by atoms with Crippen LogP contribution in [-0.2, 0) is 26.1 Å². The number of halogens is 1. The summed E-state index contributed by atoms with van der Waals surface area (Å²) < 4.78 is 4.02. The first-order valence-electron chi connectivity index (χ1n) is 9.02. The molecule has 3 rings (SSSR count). The lowest BCUT2D eigenvalue weighted by molar-refractivity contribution is 0.198. The van der Waals surface area contributed by atoms with Crippen LogP contribution in [0.5, 0.6) is 0 Å². The molecule has 0 aliphatic carbocycles. The average molecular weight is 398 g/mol. The standard InChI is InChI=1S/C17H24ClN5O2S/c1-2-21(12-13-7-8-14(18)26-13)16(24)19-9-5-11-23-17(25)22-10-4-3-6-15(22)20-23/h7-8H,2-6,9-12H2,1H3,(H,19,24). The summed E-state index contributed by atoms with van der Waals surface area (Å²) in [5, 5.41) is 7.33. The lowest BCUT2D eigenvalue weighted by atomic mass is 10.2. The number of nitrogens with one attached hydrogen (secondary N) is 1. The average Bonchev–Trinajstić information content (AvgIpc) is 3.20. The van der Waals surface area contributed by atoms with E-state index in [0.717, 1.165) is 40.8 Å². The Kier molecular flexibility index (Phi) is 6.37. The number of hydrogen-bond acceptors (Lipinski definition) is 4. The predicted molar refractivity (Wildman–Crippen MR) is 103 cm³/mol. The van der Waals surface area contributed by atoms with Crippen LogP contribution in [0.25, 0.3) is 0 Å². The van der Waals surface area contributed by atoms with Gasteiger partial charge in [0.25, 0.3) is 0 Å². The third kappa shape index (κ3) is 4.48. The van der Waals surface area contributed by atoms with Gasteiger partial charge >= 0.3 is 11.7 Å². The summed E-state index contributed by atoms with van der Waals surface area (Å²) in [4.78, 5) is 27.4. The number of nitrogens with zero attached hydrogens (tertiary/aromatic N) is 4. The van der Waals surface area contributed by atoms with Gasteiger partial charge in [-0.1, -0.05) is 11.6 Å². The highest BCUT2D eigenvalue weighted by Crippen LogP contribution is 2.22. The van der Waals surface area contributed by atoms with Gasteiger partial charge in [-0.15, -0.1) is 11.3 Å². The van der Waals surface area contributed by atoms with Crippen LogP contribution in [0.4, 0.5) is 4.79 Å². The number of urea groups is 1. The Balaban J connectivity index is 1.46. The zero-order valence-corrected chi connectivity index (χ0v) is 16.5. The first-order valence-corrected chi connectivity index (χ1v) is 10.2. The first-order chi connectivity index (χ1) is 12.6. The highest BCUT2D eigenvalue weighted by atomic mass is 35.5. The lowest BCUT2D eigenvalue weighted by Gasteiger charge is -2.20. The van der Waals surface area contributed by atoms with E-state index in [9.17, 15) is 9.59 Å². The largest absolute Gasteiger partial charge is 0.345 e. The fraction of sp³-hybridized carbons (Fsp3) is 0.588. The van der Waals surface area contributed by atoms with Gasteiger partial charge in [-0.05, 0) is 38.3 Å². The number of carbonyl (C=O) groups is 1. The van der Waals surface area contributed by atoms with Gasteiger partial charge in [0.1, 0.15) is 5.82 Å². The van der Waals surface area contributed by atoms with Crippen LogP contribution in [0.2, 0.25) is 4.34 Å². The van der Waals surface area contributed by atoms with Crippen LogP contribution in [-0.4, -0.2) is 38.4 Å². The van der Waals surface area contributed by atoms with Crippen LogP contribution < -0.4 is 11.0 Å². The minimum atomic E-state index is -0.103. The Morgan fingerprint density at radius 1 is 1.42 bits per heavy atom. The van der Waals surface area contributed by atoms with E-state index < -0.39 is 0 Å². The molecule has 1 aliphatic heterocycles. The van der Waals surface area contributed by atoms with E-state index in [2.05, 4.69) is 10.4 Å². The Bertz CT molecular complexity index is 812. The van der Waals surface area contributed by atoms with E-state index in [-0.39, 0.29) is 11.7 Å². The summed E-state index contributed by atoms with van der Waals surface area (Å²) >= 11 is 7.43. The molecule has 2 amide bonds. The maximum absolute atomic E-state index is 12.3. The molecule has 0 saturated carbocycles. The van der Waals surface area contributed by atoms with Crippen molar-refractivity contribution in [2.45, 2.75) is 52.2 Å². The SMILES string of the molecule is CCN(Cc1ccc(Cl)s1)C(=O)NCCCn1nc2n(c1=O)CCCC2. The molecule has 0 atom stereocenters. The van der Waals surface area contributed by atoms with Crippen molar-refractivity contribution in [2.75, 3.05) is 13.1 Å². The van der Waals surface area contributed by atoms with Gasteiger partial charge in [0.15, 0.2) is 0 Å². The Morgan fingerprint density at radius 2 is 2.27 bits per heavy atom. The molecule has 0 radical (unpaired) electrons. The smallest absolute Gasteiger partial charge is 0.338 e. The quantitative estimate of drug-likeness (QED) is 0.730. The number of thiophene rings is 1. The second kappa shape index (κ2) is 8.73. The third-order valence-corrected chi connectivity index (χ3v) is 5.71. The van der Waals surface area contributed by atoms with Gasteiger partial charge in [-0.2, -0.15) is 5.10 Å². The molecule has 1 N–H and O–H groups in total. The lowest BCUT2D eigenvalue weighted by Crippen LogP contribution is -2.40. The zero-order chi connectivity index (χ0) is 18.5. The van der Waals surface area contributed by atoms with Gasteiger partial charge in [-0.25, -0.2) is 14.3 Å². The van der Waals surface area contributed by atoms with E-state index in [4.69, 9.17) is 11.6 Å². The monoisotopic (exact) mass is 397 g/mol. The maximum Gasteiger partial charge on any atom is 0.345 e. The van der Waals surface area contributed by atoms with Gasteiger partial charge < -0.3 is 10.2 Å². The first kappa shape index (κ1) is 19.0. The van der Waals surface area contributed by atoms with Crippen molar-refractivity contribution >= 4 is 29.0 Å². The van der Waals surface area contributed by atoms with Crippen molar-refractivity contribution in [3.05, 3.63) is 37.7 Å². The number of aromatic nitrogens is 3. The summed E-state index contributed by atoms with van der Waals surface area (Å²) in [6.45, 7) is 4.91. The third-order valence-electron chi connectivity index (χ3n) is 4.50. The number of aryl methyl sites for hydroxylation is 2. The van der Waals surface area contributed by atoms with Gasteiger partial charge in [0.05, 0.1) is 10.9 Å². The van der Waals surface area contributed by atoms with E-state index in [1.54, 1.807) is 9.47 Å². The van der Waals surface area contributed by atoms with Crippen molar-refractivity contribution in [3.8, 4) is 0 Å². The predicted octanol–water partition coefficient (Wildman–Crippen LogP) is 2.72. The van der Waals surface area contributed by atoms with E-state index >= 15 is 0 Å². The van der Waals surface area contributed by atoms with Crippen molar-refractivity contribution in [1.82, 2.24) is 24.6 Å². The Morgan fingerprint density at radius 3 is 2.96 bits per heavy atom. The van der Waals surface area contributed by atoms with Crippen LogP contribution in [0, 0.1) is 0 Å². The number of carbonyl (C=O) groups excluding carboxylic acids is 1. The molecule has 2 aromatic heterocycles. The van der Waals surface area contributed by atoms with Gasteiger partial charge in [-0.3, -0.25) is 4.57 Å². The second-order valence-corrected chi connectivity index (χ2v) is 8.14. The van der Waals surface area contributed by atoms with Gasteiger partial charge in [0.2, 0.25) is 0 Å². The van der Waals surface area contributed by atoms with Crippen LogP contribution in [0.1, 0.15) is 36.9 Å². The van der Waals surface area contributed by atoms with Gasteiger partial charge in [0, 0.05) is 37.5 Å². The maximum atomic E-state index is 12.3. The molecule has 1 aliphatic rings. The van der Waals surface area contributed by atoms with Crippen LogP contribution >= 0.6 is 22.9 Å². The molecule has 0 saturated heterocycles. The summed E-state index contributed by atoms with van der Waals surface area (Å²) in [5.41, 5.74) is -0.0317. The summed E-state index contributed by atoms with van der Waals surface area (Å²) in [5.74, 6) is 0.886. The minimum absolute atomic E-state index is 0.0317. The van der Waals surface area contributed by atoms with E-state index in [1.165, 1.54) is 16.0 Å². The molecule has 0 spiro atoms. The van der Waals surface area contributed by atoms with Crippen molar-refractivity contribution in [2.24, 2.45) is 0 Å². The zero-order valence-electron chi connectivity index (χ0n) is 14.9. The highest BCUT2D eigenvalue weighted by Gasteiger charge is 2.16. The normalized spacial score (nSPS) is 13.5. The molecular weight excluding hydrogens is 374 g/mol. The van der Waals surface area contributed by atoms with Crippen molar-refractivity contribution in [3.63, 3.8) is 0 Å². The van der Waals surface area contributed by atoms with E-state index in [1.807, 2.05) is 19.1 Å². The topological polar surface area (TPSA) is 72.2 Å². The number of hydrogen-bond donors (Lipinski definition) is 1. The molecular formula is C17H24ClN5O2S. The summed E-state index contributed by atoms with van der Waals surface area (Å²) in [6.07, 6.45) is 3.67. The molecule has 0 bridgehead atoms. The molecule has 26 heavy (non-hydrogen) atoms. The van der Waals surface area contributed by atoms with Crippen LogP contribution in [0.15, 0.2) is 16.9 Å². The fourth-order valence-electron chi connectivity index (χ4n) is 3.08. The van der Waals surface area contributed by atoms with Crippen molar-refractivity contribution in [1.29, 1.82) is 0 Å². The highest BCUT2D eigenvalue weighted by molar-refractivity contribution is 7.16. The van der Waals surface area contributed by atoms with Crippen molar-refractivity contribution < 1.29 is 4.79 Å². The molecule has 2 aromatic rings. The molecule has 3 heterocycles. The summed E-state index contributed by atoms with van der Waals surface area (Å²) in [6, 6.07) is 3.68. The molecule has 142 valence electrons. The summed E-state index contributed by atoms with van der Waals surface area (Å²) in [7, 11) is 0. The van der Waals surface area contributed by atoms with E-state index in [0.29, 0.717) is 32.6 Å². The fourth-order valence-corrected chi connectivity index (χ4v) is 4.19. The Hall–Kier alpha value is -1.80. The molecule has 0 fully saturated rings. The number of amides is 2. The molecule has 0 unspecified atom stereocenters. The molecule has 9 heteroatoms. The van der Waals surface area contributed by atoms with Crippen LogP contribution in [0.3, 0.4) is 0 Å².